The molecule has 6 heteroatoms. The molecular formula is C21H21NO5. The molecule has 27 heavy (non-hydrogen) atoms. The number of hydrogen-bond donors (Lipinski definition) is 0. The third-order valence-corrected chi connectivity index (χ3v) is 4.57. The number of ether oxygens (including phenoxy) is 2. The van der Waals surface area contributed by atoms with E-state index in [1.54, 1.807) is 23.1 Å². The molecule has 1 aliphatic rings. The lowest BCUT2D eigenvalue weighted by atomic mass is 10.0. The maximum absolute atomic E-state index is 12.4. The minimum absolute atomic E-state index is 0.0752. The van der Waals surface area contributed by atoms with Gasteiger partial charge in [-0.1, -0.05) is 18.2 Å². The van der Waals surface area contributed by atoms with E-state index in [1.807, 2.05) is 24.3 Å². The second-order valence-electron chi connectivity index (χ2n) is 6.34. The maximum Gasteiger partial charge on any atom is 0.310 e. The summed E-state index contributed by atoms with van der Waals surface area (Å²) in [4.78, 5) is 37.8. The van der Waals surface area contributed by atoms with Crippen LogP contribution in [0.25, 0.3) is 0 Å². The van der Waals surface area contributed by atoms with Crippen molar-refractivity contribution >= 4 is 23.3 Å². The zero-order valence-electron chi connectivity index (χ0n) is 15.4. The Morgan fingerprint density at radius 1 is 1.11 bits per heavy atom. The van der Waals surface area contributed by atoms with Gasteiger partial charge in [0.05, 0.1) is 13.5 Å². The molecule has 0 fully saturated rings. The summed E-state index contributed by atoms with van der Waals surface area (Å²) in [7, 11) is 1.49. The fraction of sp³-hybridized carbons (Fsp3) is 0.286. The molecule has 0 radical (unpaired) electrons. The normalized spacial score (nSPS) is 12.4. The number of amides is 1. The van der Waals surface area contributed by atoms with E-state index in [4.69, 9.17) is 9.47 Å². The van der Waals surface area contributed by atoms with Gasteiger partial charge in [0.1, 0.15) is 5.75 Å². The smallest absolute Gasteiger partial charge is 0.310 e. The average molecular weight is 367 g/mol. The van der Waals surface area contributed by atoms with Crippen molar-refractivity contribution in [1.82, 2.24) is 0 Å². The fourth-order valence-corrected chi connectivity index (χ4v) is 3.16. The molecule has 0 spiro atoms. The maximum atomic E-state index is 12.4. The van der Waals surface area contributed by atoms with Crippen LogP contribution in [0.15, 0.2) is 42.5 Å². The van der Waals surface area contributed by atoms with E-state index in [0.29, 0.717) is 23.4 Å². The first-order chi connectivity index (χ1) is 13.0. The number of para-hydroxylation sites is 1. The first-order valence-electron chi connectivity index (χ1n) is 8.71. The molecule has 0 aromatic heterocycles. The number of fused-ring (bicyclic) bond motifs is 1. The molecule has 0 N–H and O–H groups in total. The second-order valence-corrected chi connectivity index (χ2v) is 6.34. The number of methoxy groups -OCH3 is 1. The van der Waals surface area contributed by atoms with E-state index >= 15 is 0 Å². The minimum atomic E-state index is -0.546. The largest absolute Gasteiger partial charge is 0.496 e. The van der Waals surface area contributed by atoms with Crippen molar-refractivity contribution in [3.8, 4) is 5.75 Å². The van der Waals surface area contributed by atoms with Crippen molar-refractivity contribution < 1.29 is 23.9 Å². The minimum Gasteiger partial charge on any atom is -0.496 e. The topological polar surface area (TPSA) is 72.9 Å². The molecule has 0 aliphatic carbocycles. The van der Waals surface area contributed by atoms with Gasteiger partial charge in [-0.3, -0.25) is 14.4 Å². The molecule has 1 amide bonds. The molecule has 2 aromatic rings. The lowest BCUT2D eigenvalue weighted by molar-refractivity contribution is -0.147. The van der Waals surface area contributed by atoms with Crippen LogP contribution in [0, 0.1) is 0 Å². The summed E-state index contributed by atoms with van der Waals surface area (Å²) >= 11 is 0. The van der Waals surface area contributed by atoms with Crippen LogP contribution in [0.1, 0.15) is 28.4 Å². The zero-order valence-corrected chi connectivity index (χ0v) is 15.4. The number of ketones is 1. The van der Waals surface area contributed by atoms with Crippen molar-refractivity contribution in [2.24, 2.45) is 0 Å². The Balaban J connectivity index is 1.61. The summed E-state index contributed by atoms with van der Waals surface area (Å²) in [6.07, 6.45) is 0.721. The number of carbonyl (C=O) groups is 3. The Kier molecular flexibility index (Phi) is 5.54. The number of Topliss-reactive ketones (excluding diaryl/α,β-unsaturated/α-hetero) is 1. The summed E-state index contributed by atoms with van der Waals surface area (Å²) < 4.78 is 10.4. The summed E-state index contributed by atoms with van der Waals surface area (Å²) in [6.45, 7) is 1.72. The molecule has 3 rings (SSSR count). The van der Waals surface area contributed by atoms with Gasteiger partial charge in [0.15, 0.2) is 12.4 Å². The Morgan fingerprint density at radius 2 is 1.89 bits per heavy atom. The molecule has 0 unspecified atom stereocenters. The molecule has 6 nitrogen and oxygen atoms in total. The van der Waals surface area contributed by atoms with Gasteiger partial charge < -0.3 is 14.4 Å². The lowest BCUT2D eigenvalue weighted by Gasteiger charge is -2.17. The molecule has 1 aliphatic heterocycles. The third kappa shape index (κ3) is 4.16. The molecular weight excluding hydrogens is 346 g/mol. The van der Waals surface area contributed by atoms with Crippen molar-refractivity contribution in [2.45, 2.75) is 19.8 Å². The first-order valence-corrected chi connectivity index (χ1v) is 8.71. The van der Waals surface area contributed by atoms with Crippen molar-refractivity contribution in [1.29, 1.82) is 0 Å². The molecule has 140 valence electrons. The van der Waals surface area contributed by atoms with E-state index < -0.39 is 5.97 Å². The van der Waals surface area contributed by atoms with E-state index in [2.05, 4.69) is 0 Å². The van der Waals surface area contributed by atoms with Crippen molar-refractivity contribution in [2.75, 3.05) is 25.2 Å². The molecule has 0 bridgehead atoms. The Morgan fingerprint density at radius 3 is 2.63 bits per heavy atom. The predicted molar refractivity (Wildman–Crippen MR) is 100 cm³/mol. The van der Waals surface area contributed by atoms with Crippen LogP contribution in [-0.2, 0) is 27.2 Å². The monoisotopic (exact) mass is 367 g/mol. The van der Waals surface area contributed by atoms with Crippen LogP contribution in [0.2, 0.25) is 0 Å². The van der Waals surface area contributed by atoms with E-state index in [-0.39, 0.29) is 24.7 Å². The van der Waals surface area contributed by atoms with E-state index in [0.717, 1.165) is 17.7 Å². The quantitative estimate of drug-likeness (QED) is 0.580. The number of nitrogens with zero attached hydrogens (tertiary/aromatic N) is 1. The Labute approximate surface area is 157 Å². The van der Waals surface area contributed by atoms with E-state index in [9.17, 15) is 14.4 Å². The van der Waals surface area contributed by atoms with Gasteiger partial charge in [0.25, 0.3) is 5.91 Å². The van der Waals surface area contributed by atoms with Gasteiger partial charge in [0.2, 0.25) is 0 Å². The highest BCUT2D eigenvalue weighted by Crippen LogP contribution is 2.27. The van der Waals surface area contributed by atoms with E-state index in [1.165, 1.54) is 14.0 Å². The summed E-state index contributed by atoms with van der Waals surface area (Å²) in [5.74, 6) is -0.403. The summed E-state index contributed by atoms with van der Waals surface area (Å²) in [6, 6.07) is 12.6. The molecule has 2 aromatic carbocycles. The molecule has 0 saturated heterocycles. The predicted octanol–water partition coefficient (Wildman–Crippen LogP) is 2.57. The second kappa shape index (κ2) is 8.03. The fourth-order valence-electron chi connectivity index (χ4n) is 3.16. The molecule has 0 saturated carbocycles. The van der Waals surface area contributed by atoms with Crippen LogP contribution >= 0.6 is 0 Å². The van der Waals surface area contributed by atoms with Gasteiger partial charge in [-0.25, -0.2) is 0 Å². The highest BCUT2D eigenvalue weighted by Gasteiger charge is 2.25. The Bertz CT molecular complexity index is 890. The number of carbonyl (C=O) groups excluding carboxylic acids is 3. The summed E-state index contributed by atoms with van der Waals surface area (Å²) in [5.41, 5.74) is 3.02. The standard InChI is InChI=1S/C21H21NO5/c1-14(23)16-7-8-19(26-2)17(11-16)12-21(25)27-13-20(24)22-10-9-15-5-3-4-6-18(15)22/h3-8,11H,9-10,12-13H2,1-2H3. The van der Waals surface area contributed by atoms with Crippen LogP contribution in [-0.4, -0.2) is 37.9 Å². The third-order valence-electron chi connectivity index (χ3n) is 4.57. The summed E-state index contributed by atoms with van der Waals surface area (Å²) in [5, 5.41) is 0. The molecule has 0 atom stereocenters. The van der Waals surface area contributed by atoms with Crippen molar-refractivity contribution in [3.05, 3.63) is 59.2 Å². The van der Waals surface area contributed by atoms with Gasteiger partial charge in [-0.05, 0) is 43.2 Å². The number of anilines is 1. The highest BCUT2D eigenvalue weighted by molar-refractivity contribution is 5.97. The lowest BCUT2D eigenvalue weighted by Crippen LogP contribution is -2.33. The Hall–Kier alpha value is -3.15. The average Bonchev–Trinajstić information content (AvgIpc) is 3.10. The van der Waals surface area contributed by atoms with Crippen LogP contribution < -0.4 is 9.64 Å². The first kappa shape index (κ1) is 18.6. The van der Waals surface area contributed by atoms with Gasteiger partial charge in [-0.2, -0.15) is 0 Å². The van der Waals surface area contributed by atoms with Gasteiger partial charge in [-0.15, -0.1) is 0 Å². The SMILES string of the molecule is COc1ccc(C(C)=O)cc1CC(=O)OCC(=O)N1CCc2ccccc21. The number of rotatable bonds is 6. The van der Waals surface area contributed by atoms with Gasteiger partial charge >= 0.3 is 5.97 Å². The number of hydrogen-bond acceptors (Lipinski definition) is 5. The van der Waals surface area contributed by atoms with Crippen LogP contribution in [0.5, 0.6) is 5.75 Å². The zero-order chi connectivity index (χ0) is 19.4. The van der Waals surface area contributed by atoms with Crippen LogP contribution in [0.3, 0.4) is 0 Å². The molecule has 1 heterocycles. The van der Waals surface area contributed by atoms with Gasteiger partial charge in [0, 0.05) is 23.4 Å². The number of esters is 1. The van der Waals surface area contributed by atoms with Crippen LogP contribution in [0.4, 0.5) is 5.69 Å². The van der Waals surface area contributed by atoms with Crippen molar-refractivity contribution in [3.63, 3.8) is 0 Å². The number of benzene rings is 2. The highest BCUT2D eigenvalue weighted by atomic mass is 16.5.